The highest BCUT2D eigenvalue weighted by Crippen LogP contribution is 2.22. The first-order valence-electron chi connectivity index (χ1n) is 8.40. The molecule has 0 spiro atoms. The molecule has 0 bridgehead atoms. The molecule has 0 unspecified atom stereocenters. The fourth-order valence-corrected chi connectivity index (χ4v) is 2.93. The fourth-order valence-electron chi connectivity index (χ4n) is 2.93. The number of nitrogens with one attached hydrogen (secondary N) is 1. The van der Waals surface area contributed by atoms with Crippen LogP contribution in [0.1, 0.15) is 12.0 Å². The van der Waals surface area contributed by atoms with Crippen LogP contribution in [0.5, 0.6) is 0 Å². The third kappa shape index (κ3) is 3.05. The summed E-state index contributed by atoms with van der Waals surface area (Å²) in [5.74, 6) is 0.697. The Morgan fingerprint density at radius 2 is 1.88 bits per heavy atom. The minimum atomic E-state index is -0.298. The molecule has 0 atom stereocenters. The quantitative estimate of drug-likeness (QED) is 0.541. The topological polar surface area (TPSA) is 42.2 Å². The lowest BCUT2D eigenvalue weighted by Crippen LogP contribution is -2.01. The van der Waals surface area contributed by atoms with E-state index in [2.05, 4.69) is 29.4 Å². The van der Waals surface area contributed by atoms with Gasteiger partial charge in [-0.05, 0) is 49.2 Å². The average Bonchev–Trinajstić information content (AvgIpc) is 2.99. The smallest absolute Gasteiger partial charge is 0.235 e. The van der Waals surface area contributed by atoms with Crippen molar-refractivity contribution in [1.29, 1.82) is 0 Å². The molecule has 2 heterocycles. The predicted octanol–water partition coefficient (Wildman–Crippen LogP) is 4.63. The number of hydrogen-bond acceptors (Lipinski definition) is 3. The van der Waals surface area contributed by atoms with Crippen molar-refractivity contribution in [3.05, 3.63) is 60.3 Å². The highest BCUT2D eigenvalue weighted by atomic mass is 19.1. The molecule has 4 aromatic rings. The van der Waals surface area contributed by atoms with E-state index in [-0.39, 0.29) is 6.67 Å². The van der Waals surface area contributed by atoms with Gasteiger partial charge >= 0.3 is 0 Å². The Bertz CT molecular complexity index is 1020. The zero-order valence-corrected chi connectivity index (χ0v) is 14.0. The van der Waals surface area contributed by atoms with Crippen LogP contribution in [0.3, 0.4) is 0 Å². The Labute approximate surface area is 145 Å². The number of halogens is 1. The first kappa shape index (κ1) is 15.6. The first-order chi connectivity index (χ1) is 12.2. The standard InChI is InChI=1S/C20H19FN4/c1-14-3-8-18-19(13-14)25-12-9-17(23-20(25)24-18)15-4-6-16(7-5-15)22-11-2-10-21/h3-9,12-13,22H,2,10-11H2,1H3. The van der Waals surface area contributed by atoms with Gasteiger partial charge in [-0.3, -0.25) is 8.79 Å². The third-order valence-electron chi connectivity index (χ3n) is 4.25. The average molecular weight is 334 g/mol. The van der Waals surface area contributed by atoms with Crippen LogP contribution in [0.4, 0.5) is 10.1 Å². The van der Waals surface area contributed by atoms with Crippen LogP contribution in [0, 0.1) is 6.92 Å². The maximum Gasteiger partial charge on any atom is 0.235 e. The molecule has 126 valence electrons. The highest BCUT2D eigenvalue weighted by molar-refractivity contribution is 5.80. The molecule has 4 nitrogen and oxygen atoms in total. The van der Waals surface area contributed by atoms with E-state index in [1.54, 1.807) is 0 Å². The van der Waals surface area contributed by atoms with Crippen molar-refractivity contribution in [2.75, 3.05) is 18.5 Å². The Kier molecular flexibility index (Phi) is 4.06. The van der Waals surface area contributed by atoms with Gasteiger partial charge < -0.3 is 5.32 Å². The summed E-state index contributed by atoms with van der Waals surface area (Å²) in [5.41, 5.74) is 6.12. The number of imidazole rings is 1. The van der Waals surface area contributed by atoms with Gasteiger partial charge in [-0.25, -0.2) is 9.97 Å². The first-order valence-corrected chi connectivity index (χ1v) is 8.40. The minimum absolute atomic E-state index is 0.298. The second-order valence-corrected chi connectivity index (χ2v) is 6.13. The van der Waals surface area contributed by atoms with Crippen molar-refractivity contribution in [2.45, 2.75) is 13.3 Å². The Morgan fingerprint density at radius 1 is 1.04 bits per heavy atom. The van der Waals surface area contributed by atoms with Crippen molar-refractivity contribution in [3.8, 4) is 11.3 Å². The zero-order valence-electron chi connectivity index (χ0n) is 14.0. The van der Waals surface area contributed by atoms with Crippen molar-refractivity contribution in [1.82, 2.24) is 14.4 Å². The monoisotopic (exact) mass is 334 g/mol. The summed E-state index contributed by atoms with van der Waals surface area (Å²) in [6.07, 6.45) is 2.53. The van der Waals surface area contributed by atoms with Gasteiger partial charge in [0.1, 0.15) is 0 Å². The largest absolute Gasteiger partial charge is 0.385 e. The van der Waals surface area contributed by atoms with Gasteiger partial charge in [-0.2, -0.15) is 0 Å². The number of alkyl halides is 1. The maximum absolute atomic E-state index is 12.2. The van der Waals surface area contributed by atoms with Gasteiger partial charge in [0.05, 0.1) is 23.4 Å². The van der Waals surface area contributed by atoms with Gasteiger partial charge in [-0.1, -0.05) is 18.2 Å². The molecule has 2 aromatic carbocycles. The molecule has 4 rings (SSSR count). The molecule has 0 saturated carbocycles. The number of aryl methyl sites for hydroxylation is 1. The molecule has 0 fully saturated rings. The van der Waals surface area contributed by atoms with E-state index in [1.807, 2.05) is 47.0 Å². The van der Waals surface area contributed by atoms with Gasteiger partial charge in [0.2, 0.25) is 5.78 Å². The van der Waals surface area contributed by atoms with Crippen molar-refractivity contribution in [3.63, 3.8) is 0 Å². The van der Waals surface area contributed by atoms with Crippen molar-refractivity contribution >= 4 is 22.5 Å². The van der Waals surface area contributed by atoms with Gasteiger partial charge in [0.25, 0.3) is 0 Å². The molecule has 0 saturated heterocycles. The Morgan fingerprint density at radius 3 is 2.68 bits per heavy atom. The Hall–Kier alpha value is -2.95. The summed E-state index contributed by atoms with van der Waals surface area (Å²) in [4.78, 5) is 9.31. The minimum Gasteiger partial charge on any atom is -0.385 e. The van der Waals surface area contributed by atoms with Crippen LogP contribution in [0.15, 0.2) is 54.7 Å². The molecule has 0 radical (unpaired) electrons. The van der Waals surface area contributed by atoms with Crippen LogP contribution < -0.4 is 5.32 Å². The number of nitrogens with zero attached hydrogens (tertiary/aromatic N) is 3. The van der Waals surface area contributed by atoms with Crippen LogP contribution >= 0.6 is 0 Å². The molecular formula is C20H19FN4. The fraction of sp³-hybridized carbons (Fsp3) is 0.200. The third-order valence-corrected chi connectivity index (χ3v) is 4.25. The summed E-state index contributed by atoms with van der Waals surface area (Å²) in [6, 6.07) is 16.2. The summed E-state index contributed by atoms with van der Waals surface area (Å²) in [5, 5.41) is 3.20. The number of benzene rings is 2. The normalized spacial score (nSPS) is 11.3. The molecule has 0 aliphatic heterocycles. The van der Waals surface area contributed by atoms with Crippen molar-refractivity contribution < 1.29 is 4.39 Å². The van der Waals surface area contributed by atoms with Crippen molar-refractivity contribution in [2.24, 2.45) is 0 Å². The second kappa shape index (κ2) is 6.51. The molecular weight excluding hydrogens is 315 g/mol. The van der Waals surface area contributed by atoms with Crippen LogP contribution in [-0.4, -0.2) is 27.6 Å². The lowest BCUT2D eigenvalue weighted by atomic mass is 10.1. The van der Waals surface area contributed by atoms with E-state index in [0.717, 1.165) is 28.0 Å². The molecule has 1 N–H and O–H groups in total. The van der Waals surface area contributed by atoms with Crippen LogP contribution in [0.2, 0.25) is 0 Å². The molecule has 2 aromatic heterocycles. The lowest BCUT2D eigenvalue weighted by Gasteiger charge is -2.06. The molecule has 5 heteroatoms. The van der Waals surface area contributed by atoms with E-state index in [9.17, 15) is 4.39 Å². The summed E-state index contributed by atoms with van der Waals surface area (Å²) in [7, 11) is 0. The molecule has 0 aliphatic rings. The number of aromatic nitrogens is 3. The van der Waals surface area contributed by atoms with E-state index in [0.29, 0.717) is 18.7 Å². The Balaban J connectivity index is 1.66. The zero-order chi connectivity index (χ0) is 17.2. The van der Waals surface area contributed by atoms with Gasteiger partial charge in [0, 0.05) is 24.0 Å². The SMILES string of the molecule is Cc1ccc2nc3nc(-c4ccc(NCCCF)cc4)ccn3c2c1. The number of rotatable bonds is 5. The second-order valence-electron chi connectivity index (χ2n) is 6.13. The molecule has 25 heavy (non-hydrogen) atoms. The van der Waals surface area contributed by atoms with Gasteiger partial charge in [0.15, 0.2) is 0 Å². The maximum atomic E-state index is 12.2. The predicted molar refractivity (Wildman–Crippen MR) is 99.7 cm³/mol. The van der Waals surface area contributed by atoms with E-state index >= 15 is 0 Å². The molecule has 0 aliphatic carbocycles. The number of anilines is 1. The highest BCUT2D eigenvalue weighted by Gasteiger charge is 2.08. The van der Waals surface area contributed by atoms with E-state index < -0.39 is 0 Å². The van der Waals surface area contributed by atoms with E-state index in [4.69, 9.17) is 4.98 Å². The van der Waals surface area contributed by atoms with Crippen LogP contribution in [0.25, 0.3) is 28.1 Å². The lowest BCUT2D eigenvalue weighted by molar-refractivity contribution is 0.481. The summed E-state index contributed by atoms with van der Waals surface area (Å²) < 4.78 is 14.2. The number of hydrogen-bond donors (Lipinski definition) is 1. The summed E-state index contributed by atoms with van der Waals surface area (Å²) in [6.45, 7) is 2.41. The molecule has 0 amide bonds. The number of fused-ring (bicyclic) bond motifs is 3. The summed E-state index contributed by atoms with van der Waals surface area (Å²) >= 11 is 0. The van der Waals surface area contributed by atoms with Gasteiger partial charge in [-0.15, -0.1) is 0 Å². The van der Waals surface area contributed by atoms with E-state index in [1.165, 1.54) is 5.56 Å². The van der Waals surface area contributed by atoms with Crippen LogP contribution in [-0.2, 0) is 0 Å².